The Labute approximate surface area is 168 Å². The summed E-state index contributed by atoms with van der Waals surface area (Å²) < 4.78 is 10.8. The fourth-order valence-electron chi connectivity index (χ4n) is 3.19. The number of para-hydroxylation sites is 1. The fraction of sp³-hybridized carbons (Fsp3) is 0.227. The smallest absolute Gasteiger partial charge is 0.247 e. The third-order valence-corrected chi connectivity index (χ3v) is 4.76. The molecule has 0 bridgehead atoms. The van der Waals surface area contributed by atoms with Crippen molar-refractivity contribution in [2.24, 2.45) is 0 Å². The van der Waals surface area contributed by atoms with Crippen LogP contribution in [0.5, 0.6) is 5.75 Å². The third kappa shape index (κ3) is 4.45. The molecule has 4 aromatic rings. The van der Waals surface area contributed by atoms with E-state index in [1.165, 1.54) is 10.9 Å². The van der Waals surface area contributed by atoms with Gasteiger partial charge in [0.1, 0.15) is 5.75 Å². The van der Waals surface area contributed by atoms with E-state index in [0.717, 1.165) is 23.3 Å². The molecule has 1 amide bonds. The summed E-state index contributed by atoms with van der Waals surface area (Å²) in [6.45, 7) is 0.585. The monoisotopic (exact) mass is 390 g/mol. The van der Waals surface area contributed by atoms with E-state index in [2.05, 4.69) is 26.6 Å². The van der Waals surface area contributed by atoms with Gasteiger partial charge in [0, 0.05) is 42.0 Å². The molecule has 0 saturated heterocycles. The molecule has 2 N–H and O–H groups in total. The standard InChI is InChI=1S/C22H22N4O3/c1-28-17-8-6-15(7-9-17)22-26-25-21(29-22)11-10-20(27)23-13-12-16-14-24-19-5-3-2-4-18(16)19/h2-9,14,24H,10-13H2,1H3,(H,23,27). The first-order valence-corrected chi connectivity index (χ1v) is 9.51. The molecule has 2 aromatic carbocycles. The summed E-state index contributed by atoms with van der Waals surface area (Å²) in [7, 11) is 1.62. The van der Waals surface area contributed by atoms with E-state index >= 15 is 0 Å². The zero-order chi connectivity index (χ0) is 20.1. The molecule has 0 unspecified atom stereocenters. The first kappa shape index (κ1) is 18.7. The lowest BCUT2D eigenvalue weighted by molar-refractivity contribution is -0.121. The Morgan fingerprint density at radius 2 is 1.93 bits per heavy atom. The SMILES string of the molecule is COc1ccc(-c2nnc(CCC(=O)NCCc3c[nH]c4ccccc34)o2)cc1. The molecule has 7 nitrogen and oxygen atoms in total. The lowest BCUT2D eigenvalue weighted by atomic mass is 10.1. The molecule has 29 heavy (non-hydrogen) atoms. The molecule has 2 aromatic heterocycles. The number of nitrogens with zero attached hydrogens (tertiary/aromatic N) is 2. The lowest BCUT2D eigenvalue weighted by Crippen LogP contribution is -2.25. The Kier molecular flexibility index (Phi) is 5.56. The Hall–Kier alpha value is -3.61. The van der Waals surface area contributed by atoms with Crippen LogP contribution in [0.1, 0.15) is 17.9 Å². The fourth-order valence-corrected chi connectivity index (χ4v) is 3.19. The number of aromatic nitrogens is 3. The summed E-state index contributed by atoms with van der Waals surface area (Å²) in [6, 6.07) is 15.5. The lowest BCUT2D eigenvalue weighted by Gasteiger charge is -2.04. The van der Waals surface area contributed by atoms with Gasteiger partial charge in [0.2, 0.25) is 17.7 Å². The van der Waals surface area contributed by atoms with Crippen molar-refractivity contribution in [2.45, 2.75) is 19.3 Å². The van der Waals surface area contributed by atoms with Crippen molar-refractivity contribution in [1.29, 1.82) is 0 Å². The molecule has 0 fully saturated rings. The second-order valence-electron chi connectivity index (χ2n) is 6.69. The predicted octanol–water partition coefficient (Wildman–Crippen LogP) is 3.52. The van der Waals surface area contributed by atoms with Gasteiger partial charge in [-0.05, 0) is 42.3 Å². The van der Waals surface area contributed by atoms with Crippen LogP contribution in [0.15, 0.2) is 59.1 Å². The van der Waals surface area contributed by atoms with Crippen LogP contribution in [0.25, 0.3) is 22.4 Å². The molecule has 0 aliphatic carbocycles. The van der Waals surface area contributed by atoms with E-state index in [1.54, 1.807) is 7.11 Å². The van der Waals surface area contributed by atoms with Crippen LogP contribution in [-0.2, 0) is 17.6 Å². The molecule has 0 radical (unpaired) electrons. The molecule has 2 heterocycles. The topological polar surface area (TPSA) is 93.0 Å². The van der Waals surface area contributed by atoms with Crippen molar-refractivity contribution in [2.75, 3.05) is 13.7 Å². The number of ether oxygens (including phenoxy) is 1. The van der Waals surface area contributed by atoms with Gasteiger partial charge in [0.15, 0.2) is 0 Å². The zero-order valence-electron chi connectivity index (χ0n) is 16.1. The number of methoxy groups -OCH3 is 1. The van der Waals surface area contributed by atoms with E-state index in [0.29, 0.717) is 31.2 Å². The van der Waals surface area contributed by atoms with E-state index in [4.69, 9.17) is 9.15 Å². The van der Waals surface area contributed by atoms with Gasteiger partial charge in [-0.2, -0.15) is 0 Å². The average molecular weight is 390 g/mol. The van der Waals surface area contributed by atoms with Crippen molar-refractivity contribution < 1.29 is 13.9 Å². The van der Waals surface area contributed by atoms with Gasteiger partial charge in [-0.15, -0.1) is 10.2 Å². The zero-order valence-corrected chi connectivity index (χ0v) is 16.1. The van der Waals surface area contributed by atoms with Crippen LogP contribution in [0.4, 0.5) is 0 Å². The molecule has 0 spiro atoms. The van der Waals surface area contributed by atoms with Crippen LogP contribution < -0.4 is 10.1 Å². The minimum Gasteiger partial charge on any atom is -0.497 e. The van der Waals surface area contributed by atoms with Crippen LogP contribution in [-0.4, -0.2) is 34.7 Å². The molecular formula is C22H22N4O3. The number of aromatic amines is 1. The van der Waals surface area contributed by atoms with Gasteiger partial charge in [0.05, 0.1) is 7.11 Å². The van der Waals surface area contributed by atoms with Crippen LogP contribution in [0, 0.1) is 0 Å². The predicted molar refractivity (Wildman–Crippen MR) is 110 cm³/mol. The number of carbonyl (C=O) groups is 1. The summed E-state index contributed by atoms with van der Waals surface area (Å²) in [6.07, 6.45) is 3.48. The maximum Gasteiger partial charge on any atom is 0.247 e. The van der Waals surface area contributed by atoms with Crippen molar-refractivity contribution in [3.8, 4) is 17.2 Å². The van der Waals surface area contributed by atoms with Gasteiger partial charge in [-0.1, -0.05) is 18.2 Å². The van der Waals surface area contributed by atoms with Crippen LogP contribution >= 0.6 is 0 Å². The van der Waals surface area contributed by atoms with Crippen molar-refractivity contribution in [3.63, 3.8) is 0 Å². The first-order chi connectivity index (χ1) is 14.2. The third-order valence-electron chi connectivity index (χ3n) is 4.76. The minimum absolute atomic E-state index is 0.0333. The molecule has 0 aliphatic heterocycles. The number of hydrogen-bond donors (Lipinski definition) is 2. The highest BCUT2D eigenvalue weighted by Crippen LogP contribution is 2.21. The number of rotatable bonds is 8. The van der Waals surface area contributed by atoms with Gasteiger partial charge in [0.25, 0.3) is 0 Å². The number of carbonyl (C=O) groups excluding carboxylic acids is 1. The van der Waals surface area contributed by atoms with E-state index in [1.807, 2.05) is 48.7 Å². The summed E-state index contributed by atoms with van der Waals surface area (Å²) in [5, 5.41) is 12.2. The second kappa shape index (κ2) is 8.60. The molecule has 0 aliphatic rings. The Balaban J connectivity index is 1.25. The Bertz CT molecular complexity index is 1100. The Morgan fingerprint density at radius 1 is 1.10 bits per heavy atom. The number of nitrogens with one attached hydrogen (secondary N) is 2. The Morgan fingerprint density at radius 3 is 2.76 bits per heavy atom. The average Bonchev–Trinajstić information content (AvgIpc) is 3.40. The molecular weight excluding hydrogens is 368 g/mol. The number of fused-ring (bicyclic) bond motifs is 1. The number of hydrogen-bond acceptors (Lipinski definition) is 5. The highest BCUT2D eigenvalue weighted by Gasteiger charge is 2.11. The largest absolute Gasteiger partial charge is 0.497 e. The van der Waals surface area contributed by atoms with Crippen molar-refractivity contribution in [1.82, 2.24) is 20.5 Å². The molecule has 7 heteroatoms. The number of amides is 1. The molecule has 4 rings (SSSR count). The van der Waals surface area contributed by atoms with Crippen molar-refractivity contribution in [3.05, 3.63) is 66.2 Å². The van der Waals surface area contributed by atoms with E-state index < -0.39 is 0 Å². The summed E-state index contributed by atoms with van der Waals surface area (Å²) in [5.41, 5.74) is 3.12. The van der Waals surface area contributed by atoms with Crippen LogP contribution in [0.3, 0.4) is 0 Å². The molecule has 0 atom stereocenters. The number of benzene rings is 2. The first-order valence-electron chi connectivity index (χ1n) is 9.51. The van der Waals surface area contributed by atoms with E-state index in [9.17, 15) is 4.79 Å². The van der Waals surface area contributed by atoms with Gasteiger partial charge in [-0.25, -0.2) is 0 Å². The number of aryl methyl sites for hydroxylation is 1. The normalized spacial score (nSPS) is 10.9. The van der Waals surface area contributed by atoms with Crippen molar-refractivity contribution >= 4 is 16.8 Å². The summed E-state index contributed by atoms with van der Waals surface area (Å²) in [5.74, 6) is 1.61. The van der Waals surface area contributed by atoms with Crippen LogP contribution in [0.2, 0.25) is 0 Å². The minimum atomic E-state index is -0.0333. The van der Waals surface area contributed by atoms with Gasteiger partial charge < -0.3 is 19.5 Å². The molecule has 148 valence electrons. The summed E-state index contributed by atoms with van der Waals surface area (Å²) in [4.78, 5) is 15.4. The van der Waals surface area contributed by atoms with Gasteiger partial charge >= 0.3 is 0 Å². The maximum atomic E-state index is 12.1. The van der Waals surface area contributed by atoms with Gasteiger partial charge in [-0.3, -0.25) is 4.79 Å². The molecule has 0 saturated carbocycles. The highest BCUT2D eigenvalue weighted by molar-refractivity contribution is 5.83. The highest BCUT2D eigenvalue weighted by atomic mass is 16.5. The maximum absolute atomic E-state index is 12.1. The quantitative estimate of drug-likeness (QED) is 0.480. The number of H-pyrrole nitrogens is 1. The summed E-state index contributed by atoms with van der Waals surface area (Å²) >= 11 is 0. The van der Waals surface area contributed by atoms with E-state index in [-0.39, 0.29) is 5.91 Å². The second-order valence-corrected chi connectivity index (χ2v) is 6.69.